The number of carbonyl (C=O) groups excluding carboxylic acids is 1. The second-order valence-corrected chi connectivity index (χ2v) is 4.23. The number of hydrogen-bond donors (Lipinski definition) is 1. The van der Waals surface area contributed by atoms with Crippen molar-refractivity contribution in [3.05, 3.63) is 54.2 Å². The molecule has 2 aromatic heterocycles. The maximum atomic E-state index is 12.1. The van der Waals surface area contributed by atoms with Crippen molar-refractivity contribution in [3.8, 4) is 0 Å². The molecule has 2 aromatic rings. The highest BCUT2D eigenvalue weighted by Crippen LogP contribution is 2.11. The molecule has 0 aromatic carbocycles. The molecular formula is C14H17N3O2. The molecule has 2 N–H and O–H groups in total. The van der Waals surface area contributed by atoms with Gasteiger partial charge >= 0.3 is 0 Å². The molecule has 0 radical (unpaired) electrons. The van der Waals surface area contributed by atoms with E-state index < -0.39 is 0 Å². The van der Waals surface area contributed by atoms with E-state index >= 15 is 0 Å². The third kappa shape index (κ3) is 3.93. The van der Waals surface area contributed by atoms with Gasteiger partial charge in [0.25, 0.3) is 0 Å². The summed E-state index contributed by atoms with van der Waals surface area (Å²) >= 11 is 0. The molecule has 0 aliphatic heterocycles. The second kappa shape index (κ2) is 6.70. The van der Waals surface area contributed by atoms with Crippen LogP contribution in [0.3, 0.4) is 0 Å². The summed E-state index contributed by atoms with van der Waals surface area (Å²) in [5, 5.41) is 0. The Morgan fingerprint density at radius 1 is 1.32 bits per heavy atom. The van der Waals surface area contributed by atoms with Gasteiger partial charge in [-0.15, -0.1) is 0 Å². The molecule has 2 rings (SSSR count). The molecule has 0 fully saturated rings. The predicted molar refractivity (Wildman–Crippen MR) is 70.9 cm³/mol. The van der Waals surface area contributed by atoms with Crippen LogP contribution < -0.4 is 5.73 Å². The van der Waals surface area contributed by atoms with Crippen LogP contribution >= 0.6 is 0 Å². The lowest BCUT2D eigenvalue weighted by atomic mass is 10.2. The third-order valence-electron chi connectivity index (χ3n) is 2.73. The average molecular weight is 259 g/mol. The molecule has 0 saturated carbocycles. The molecule has 5 heteroatoms. The topological polar surface area (TPSA) is 72.4 Å². The Morgan fingerprint density at radius 3 is 2.84 bits per heavy atom. The molecule has 0 bridgehead atoms. The van der Waals surface area contributed by atoms with Gasteiger partial charge in [-0.3, -0.25) is 9.78 Å². The number of carbonyl (C=O) groups is 1. The molecular weight excluding hydrogens is 242 g/mol. The Kier molecular flexibility index (Phi) is 4.69. The molecule has 100 valence electrons. The van der Waals surface area contributed by atoms with Crippen molar-refractivity contribution in [3.63, 3.8) is 0 Å². The molecule has 0 unspecified atom stereocenters. The summed E-state index contributed by atoms with van der Waals surface area (Å²) in [7, 11) is 0. The molecule has 5 nitrogen and oxygen atoms in total. The van der Waals surface area contributed by atoms with Crippen molar-refractivity contribution in [2.45, 2.75) is 19.5 Å². The van der Waals surface area contributed by atoms with E-state index in [1.807, 2.05) is 24.3 Å². The zero-order valence-corrected chi connectivity index (χ0v) is 10.7. The molecule has 0 aliphatic rings. The summed E-state index contributed by atoms with van der Waals surface area (Å²) < 4.78 is 5.29. The van der Waals surface area contributed by atoms with Crippen LogP contribution in [0.5, 0.6) is 0 Å². The number of nitrogens with two attached hydrogens (primary N) is 1. The fourth-order valence-electron chi connectivity index (χ4n) is 1.82. The minimum atomic E-state index is 0.0164. The highest BCUT2D eigenvalue weighted by molar-refractivity contribution is 5.76. The first-order chi connectivity index (χ1) is 9.29. The van der Waals surface area contributed by atoms with Gasteiger partial charge in [-0.2, -0.15) is 0 Å². The van der Waals surface area contributed by atoms with Crippen LogP contribution in [-0.2, 0) is 17.9 Å². The van der Waals surface area contributed by atoms with Crippen molar-refractivity contribution in [1.82, 2.24) is 9.88 Å². The Hall–Kier alpha value is -2.14. The number of hydrogen-bond acceptors (Lipinski definition) is 4. The van der Waals surface area contributed by atoms with E-state index in [2.05, 4.69) is 4.98 Å². The summed E-state index contributed by atoms with van der Waals surface area (Å²) in [5.41, 5.74) is 6.44. The van der Waals surface area contributed by atoms with Crippen molar-refractivity contribution >= 4 is 5.91 Å². The number of pyridine rings is 1. The number of nitrogens with zero attached hydrogens (tertiary/aromatic N) is 2. The lowest BCUT2D eigenvalue weighted by Gasteiger charge is -2.21. The van der Waals surface area contributed by atoms with E-state index in [4.69, 9.17) is 10.2 Å². The Balaban J connectivity index is 2.07. The third-order valence-corrected chi connectivity index (χ3v) is 2.73. The average Bonchev–Trinajstić information content (AvgIpc) is 2.92. The van der Waals surface area contributed by atoms with Gasteiger partial charge in [-0.25, -0.2) is 0 Å². The van der Waals surface area contributed by atoms with Crippen LogP contribution in [0.4, 0.5) is 0 Å². The first-order valence-corrected chi connectivity index (χ1v) is 6.18. The molecule has 0 spiro atoms. The SMILES string of the molecule is NCCC(=O)N(Cc1cccnc1)Cc1ccco1. The first-order valence-electron chi connectivity index (χ1n) is 6.18. The summed E-state index contributed by atoms with van der Waals surface area (Å²) in [6.45, 7) is 1.30. The van der Waals surface area contributed by atoms with E-state index in [9.17, 15) is 4.79 Å². The van der Waals surface area contributed by atoms with Gasteiger partial charge in [0.1, 0.15) is 5.76 Å². The second-order valence-electron chi connectivity index (χ2n) is 4.23. The van der Waals surface area contributed by atoms with Crippen LogP contribution in [0.25, 0.3) is 0 Å². The quantitative estimate of drug-likeness (QED) is 0.854. The maximum absolute atomic E-state index is 12.1. The smallest absolute Gasteiger partial charge is 0.224 e. The number of amides is 1. The van der Waals surface area contributed by atoms with Gasteiger partial charge in [0.15, 0.2) is 0 Å². The fourth-order valence-corrected chi connectivity index (χ4v) is 1.82. The lowest BCUT2D eigenvalue weighted by molar-refractivity contribution is -0.132. The number of furan rings is 1. The normalized spacial score (nSPS) is 10.4. The van der Waals surface area contributed by atoms with Gasteiger partial charge in [0.2, 0.25) is 5.91 Å². The van der Waals surface area contributed by atoms with Crippen LogP contribution in [0.2, 0.25) is 0 Å². The molecule has 0 atom stereocenters. The van der Waals surface area contributed by atoms with Crippen molar-refractivity contribution in [2.75, 3.05) is 6.54 Å². The van der Waals surface area contributed by atoms with Crippen LogP contribution in [-0.4, -0.2) is 22.3 Å². The molecule has 1 amide bonds. The standard InChI is InChI=1S/C14H17N3O2/c15-6-5-14(18)17(11-13-4-2-8-19-13)10-12-3-1-7-16-9-12/h1-4,7-9H,5-6,10-11,15H2. The lowest BCUT2D eigenvalue weighted by Crippen LogP contribution is -2.31. The number of rotatable bonds is 6. The van der Waals surface area contributed by atoms with E-state index in [0.717, 1.165) is 11.3 Å². The van der Waals surface area contributed by atoms with Crippen LogP contribution in [0.1, 0.15) is 17.7 Å². The van der Waals surface area contributed by atoms with Crippen LogP contribution in [0, 0.1) is 0 Å². The van der Waals surface area contributed by atoms with Crippen molar-refractivity contribution in [2.24, 2.45) is 5.73 Å². The highest BCUT2D eigenvalue weighted by Gasteiger charge is 2.15. The molecule has 19 heavy (non-hydrogen) atoms. The number of aromatic nitrogens is 1. The summed E-state index contributed by atoms with van der Waals surface area (Å²) in [4.78, 5) is 17.8. The van der Waals surface area contributed by atoms with Gasteiger partial charge in [-0.1, -0.05) is 6.07 Å². The fraction of sp³-hybridized carbons (Fsp3) is 0.286. The summed E-state index contributed by atoms with van der Waals surface area (Å²) in [6.07, 6.45) is 5.40. The van der Waals surface area contributed by atoms with Crippen molar-refractivity contribution in [1.29, 1.82) is 0 Å². The van der Waals surface area contributed by atoms with E-state index in [1.54, 1.807) is 23.6 Å². The highest BCUT2D eigenvalue weighted by atomic mass is 16.3. The Labute approximate surface area is 112 Å². The Morgan fingerprint density at radius 2 is 2.21 bits per heavy atom. The van der Waals surface area contributed by atoms with Crippen LogP contribution in [0.15, 0.2) is 47.3 Å². The van der Waals surface area contributed by atoms with Gasteiger partial charge < -0.3 is 15.1 Å². The molecule has 0 saturated heterocycles. The van der Waals surface area contributed by atoms with Gasteiger partial charge in [-0.05, 0) is 23.8 Å². The summed E-state index contributed by atoms with van der Waals surface area (Å²) in [6, 6.07) is 7.46. The van der Waals surface area contributed by atoms with E-state index in [0.29, 0.717) is 26.1 Å². The molecule has 2 heterocycles. The maximum Gasteiger partial charge on any atom is 0.224 e. The predicted octanol–water partition coefficient (Wildman–Crippen LogP) is 1.55. The minimum Gasteiger partial charge on any atom is -0.467 e. The summed E-state index contributed by atoms with van der Waals surface area (Å²) in [5.74, 6) is 0.775. The largest absolute Gasteiger partial charge is 0.467 e. The Bertz CT molecular complexity index is 497. The zero-order chi connectivity index (χ0) is 13.5. The molecule has 0 aliphatic carbocycles. The van der Waals surface area contributed by atoms with E-state index in [1.165, 1.54) is 0 Å². The van der Waals surface area contributed by atoms with Crippen molar-refractivity contribution < 1.29 is 9.21 Å². The van der Waals surface area contributed by atoms with E-state index in [-0.39, 0.29) is 5.91 Å². The first kappa shape index (κ1) is 13.3. The van der Waals surface area contributed by atoms with Gasteiger partial charge in [0.05, 0.1) is 12.8 Å². The minimum absolute atomic E-state index is 0.0164. The zero-order valence-electron chi connectivity index (χ0n) is 10.7. The van der Waals surface area contributed by atoms with Gasteiger partial charge in [0, 0.05) is 31.9 Å². The monoisotopic (exact) mass is 259 g/mol.